The molecule has 1 atom stereocenters. The van der Waals surface area contributed by atoms with E-state index < -0.39 is 16.1 Å². The molecule has 0 aliphatic heterocycles. The van der Waals surface area contributed by atoms with E-state index >= 15 is 0 Å². The molecule has 0 bridgehead atoms. The van der Waals surface area contributed by atoms with E-state index in [1.807, 2.05) is 0 Å². The van der Waals surface area contributed by atoms with Crippen LogP contribution >= 0.6 is 27.5 Å². The predicted octanol–water partition coefficient (Wildman–Crippen LogP) is 2.41. The summed E-state index contributed by atoms with van der Waals surface area (Å²) in [5.74, 6) is 0.117. The first kappa shape index (κ1) is 17.7. The second-order valence-corrected chi connectivity index (χ2v) is 7.61. The SMILES string of the molecule is COc1c(Br)cc(Cl)cc1S(=O)(=O)NCC(O)C(C)C. The summed E-state index contributed by atoms with van der Waals surface area (Å²) in [7, 11) is -2.46. The quantitative estimate of drug-likeness (QED) is 0.787. The number of methoxy groups -OCH3 is 1. The maximum atomic E-state index is 12.3. The largest absolute Gasteiger partial charge is 0.494 e. The first-order valence-corrected chi connectivity index (χ1v) is 8.55. The third-order valence-corrected chi connectivity index (χ3v) is 4.96. The zero-order chi connectivity index (χ0) is 15.5. The van der Waals surface area contributed by atoms with Crippen LogP contribution in [0.4, 0.5) is 0 Å². The van der Waals surface area contributed by atoms with E-state index in [2.05, 4.69) is 20.7 Å². The van der Waals surface area contributed by atoms with E-state index in [0.717, 1.165) is 0 Å². The van der Waals surface area contributed by atoms with Crippen molar-refractivity contribution in [2.24, 2.45) is 5.92 Å². The Bertz CT molecular complexity index is 577. The first-order valence-electron chi connectivity index (χ1n) is 5.89. The van der Waals surface area contributed by atoms with Crippen molar-refractivity contribution in [2.45, 2.75) is 24.8 Å². The summed E-state index contributed by atoms with van der Waals surface area (Å²) in [6.45, 7) is 3.53. The molecule has 1 unspecified atom stereocenters. The molecule has 0 saturated carbocycles. The molecule has 0 spiro atoms. The number of sulfonamides is 1. The first-order chi connectivity index (χ1) is 9.19. The van der Waals surface area contributed by atoms with Crippen LogP contribution < -0.4 is 9.46 Å². The Morgan fingerprint density at radius 2 is 2.05 bits per heavy atom. The van der Waals surface area contributed by atoms with E-state index in [4.69, 9.17) is 16.3 Å². The lowest BCUT2D eigenvalue weighted by Crippen LogP contribution is -2.34. The number of aliphatic hydroxyl groups is 1. The third kappa shape index (κ3) is 4.33. The van der Waals surface area contributed by atoms with Gasteiger partial charge in [0.05, 0.1) is 17.7 Å². The molecule has 0 aromatic heterocycles. The van der Waals surface area contributed by atoms with Gasteiger partial charge in [0.15, 0.2) is 5.75 Å². The van der Waals surface area contributed by atoms with E-state index in [9.17, 15) is 13.5 Å². The summed E-state index contributed by atoms with van der Waals surface area (Å²) in [4.78, 5) is -0.0738. The Morgan fingerprint density at radius 1 is 1.45 bits per heavy atom. The molecule has 8 heteroatoms. The van der Waals surface area contributed by atoms with Gasteiger partial charge in [-0.25, -0.2) is 13.1 Å². The van der Waals surface area contributed by atoms with Crippen molar-refractivity contribution in [3.05, 3.63) is 21.6 Å². The minimum atomic E-state index is -3.83. The third-order valence-electron chi connectivity index (χ3n) is 2.72. The second kappa shape index (κ2) is 7.09. The van der Waals surface area contributed by atoms with Gasteiger partial charge in [-0.05, 0) is 34.0 Å². The minimum Gasteiger partial charge on any atom is -0.494 e. The lowest BCUT2D eigenvalue weighted by molar-refractivity contribution is 0.129. The van der Waals surface area contributed by atoms with Crippen molar-refractivity contribution in [1.82, 2.24) is 4.72 Å². The Kier molecular flexibility index (Phi) is 6.27. The molecule has 2 N–H and O–H groups in total. The van der Waals surface area contributed by atoms with Gasteiger partial charge in [0.25, 0.3) is 0 Å². The number of nitrogens with one attached hydrogen (secondary N) is 1. The highest BCUT2D eigenvalue weighted by Crippen LogP contribution is 2.35. The summed E-state index contributed by atoms with van der Waals surface area (Å²) in [5.41, 5.74) is 0. The minimum absolute atomic E-state index is 0.0503. The van der Waals surface area contributed by atoms with E-state index in [0.29, 0.717) is 4.47 Å². The van der Waals surface area contributed by atoms with E-state index in [1.165, 1.54) is 13.2 Å². The van der Waals surface area contributed by atoms with Crippen molar-refractivity contribution < 1.29 is 18.3 Å². The average molecular weight is 387 g/mol. The molecular formula is C12H17BrClNO4S. The molecule has 0 heterocycles. The van der Waals surface area contributed by atoms with Crippen LogP contribution in [0.2, 0.25) is 5.02 Å². The molecule has 1 aromatic carbocycles. The molecular weight excluding hydrogens is 370 g/mol. The van der Waals surface area contributed by atoms with Crippen molar-refractivity contribution >= 4 is 37.6 Å². The number of hydrogen-bond donors (Lipinski definition) is 2. The molecule has 0 aliphatic carbocycles. The van der Waals surface area contributed by atoms with Gasteiger partial charge in [0.1, 0.15) is 4.90 Å². The molecule has 5 nitrogen and oxygen atoms in total. The fourth-order valence-corrected chi connectivity index (χ4v) is 3.88. The van der Waals surface area contributed by atoms with Crippen LogP contribution in [0.3, 0.4) is 0 Å². The average Bonchev–Trinajstić information content (AvgIpc) is 2.35. The number of halogens is 2. The van der Waals surface area contributed by atoms with Crippen LogP contribution in [0, 0.1) is 5.92 Å². The van der Waals surface area contributed by atoms with Gasteiger partial charge in [0.2, 0.25) is 10.0 Å². The molecule has 1 rings (SSSR count). The molecule has 0 radical (unpaired) electrons. The molecule has 0 amide bonds. The second-order valence-electron chi connectivity index (χ2n) is 4.58. The standard InChI is InChI=1S/C12H17BrClNO4S/c1-7(2)10(16)6-15-20(17,18)11-5-8(14)4-9(13)12(11)19-3/h4-5,7,10,15-16H,6H2,1-3H3. The van der Waals surface area contributed by atoms with Crippen molar-refractivity contribution in [3.8, 4) is 5.75 Å². The summed E-state index contributed by atoms with van der Waals surface area (Å²) >= 11 is 9.07. The number of hydrogen-bond acceptors (Lipinski definition) is 4. The predicted molar refractivity (Wildman–Crippen MR) is 81.7 cm³/mol. The van der Waals surface area contributed by atoms with Crippen LogP contribution in [-0.2, 0) is 10.0 Å². The molecule has 0 aliphatic rings. The highest BCUT2D eigenvalue weighted by atomic mass is 79.9. The van der Waals surface area contributed by atoms with Crippen LogP contribution in [0.5, 0.6) is 5.75 Å². The van der Waals surface area contributed by atoms with Gasteiger partial charge in [-0.15, -0.1) is 0 Å². The van der Waals surface area contributed by atoms with Gasteiger partial charge < -0.3 is 9.84 Å². The van der Waals surface area contributed by atoms with Crippen molar-refractivity contribution in [2.75, 3.05) is 13.7 Å². The number of benzene rings is 1. The maximum absolute atomic E-state index is 12.3. The van der Waals surface area contributed by atoms with E-state index in [-0.39, 0.29) is 28.1 Å². The maximum Gasteiger partial charge on any atom is 0.244 e. The topological polar surface area (TPSA) is 75.6 Å². The lowest BCUT2D eigenvalue weighted by atomic mass is 10.1. The molecule has 1 aromatic rings. The highest BCUT2D eigenvalue weighted by molar-refractivity contribution is 9.10. The zero-order valence-corrected chi connectivity index (χ0v) is 14.5. The van der Waals surface area contributed by atoms with E-state index in [1.54, 1.807) is 19.9 Å². The Labute approximate surface area is 132 Å². The van der Waals surface area contributed by atoms with Crippen LogP contribution in [0.1, 0.15) is 13.8 Å². The Balaban J connectivity index is 3.10. The Morgan fingerprint density at radius 3 is 2.55 bits per heavy atom. The van der Waals surface area contributed by atoms with Crippen molar-refractivity contribution in [1.29, 1.82) is 0 Å². The van der Waals surface area contributed by atoms with Crippen LogP contribution in [0.15, 0.2) is 21.5 Å². The fraction of sp³-hybridized carbons (Fsp3) is 0.500. The van der Waals surface area contributed by atoms with Gasteiger partial charge in [0, 0.05) is 11.6 Å². The smallest absolute Gasteiger partial charge is 0.244 e. The van der Waals surface area contributed by atoms with Gasteiger partial charge in [-0.1, -0.05) is 25.4 Å². The molecule has 20 heavy (non-hydrogen) atoms. The lowest BCUT2D eigenvalue weighted by Gasteiger charge is -2.17. The summed E-state index contributed by atoms with van der Waals surface area (Å²) < 4.78 is 32.4. The fourth-order valence-electron chi connectivity index (χ4n) is 1.44. The van der Waals surface area contributed by atoms with Crippen molar-refractivity contribution in [3.63, 3.8) is 0 Å². The van der Waals surface area contributed by atoms with Gasteiger partial charge in [-0.3, -0.25) is 0 Å². The van der Waals surface area contributed by atoms with Gasteiger partial charge >= 0.3 is 0 Å². The number of aliphatic hydroxyl groups excluding tert-OH is 1. The number of ether oxygens (including phenoxy) is 1. The summed E-state index contributed by atoms with van der Waals surface area (Å²) in [6.07, 6.45) is -0.765. The number of rotatable bonds is 6. The van der Waals surface area contributed by atoms with Gasteiger partial charge in [-0.2, -0.15) is 0 Å². The molecule has 0 fully saturated rings. The normalized spacial score (nSPS) is 13.6. The van der Waals surface area contributed by atoms with Crippen LogP contribution in [-0.4, -0.2) is 33.3 Å². The summed E-state index contributed by atoms with van der Waals surface area (Å²) in [6, 6.07) is 2.84. The molecule has 0 saturated heterocycles. The Hall–Kier alpha value is -0.340. The zero-order valence-electron chi connectivity index (χ0n) is 11.4. The highest BCUT2D eigenvalue weighted by Gasteiger charge is 2.23. The van der Waals surface area contributed by atoms with Crippen LogP contribution in [0.25, 0.3) is 0 Å². The summed E-state index contributed by atoms with van der Waals surface area (Å²) in [5, 5.41) is 9.95. The molecule has 114 valence electrons. The monoisotopic (exact) mass is 385 g/mol.